The van der Waals surface area contributed by atoms with E-state index in [2.05, 4.69) is 0 Å². The van der Waals surface area contributed by atoms with E-state index in [1.807, 2.05) is 158 Å². The predicted octanol–water partition coefficient (Wildman–Crippen LogP) is 9.19. The lowest BCUT2D eigenvalue weighted by Crippen LogP contribution is -2.44. The number of rotatable bonds is 17. The SMILES string of the molecule is COc1ccccc1C(c1ccccc1)(c1ccccc1OC)C(O)CSSCC(O)C(c1ccccc1)(c1ccccc1OC)c1ccccc1OC. The van der Waals surface area contributed by atoms with Crippen LogP contribution < -0.4 is 18.9 Å². The van der Waals surface area contributed by atoms with Crippen molar-refractivity contribution in [3.05, 3.63) is 191 Å². The van der Waals surface area contributed by atoms with Crippen molar-refractivity contribution in [1.29, 1.82) is 0 Å². The molecule has 0 aliphatic rings. The summed E-state index contributed by atoms with van der Waals surface area (Å²) in [6.45, 7) is 0. The van der Waals surface area contributed by atoms with Crippen LogP contribution in [0.1, 0.15) is 33.4 Å². The van der Waals surface area contributed by atoms with Crippen molar-refractivity contribution in [3.63, 3.8) is 0 Å². The highest BCUT2D eigenvalue weighted by molar-refractivity contribution is 8.76. The van der Waals surface area contributed by atoms with Crippen molar-refractivity contribution in [2.45, 2.75) is 23.0 Å². The van der Waals surface area contributed by atoms with E-state index in [1.54, 1.807) is 28.4 Å². The number of aliphatic hydroxyl groups excluding tert-OH is 2. The Balaban J connectivity index is 1.41. The topological polar surface area (TPSA) is 77.4 Å². The maximum atomic E-state index is 12.7. The molecule has 6 rings (SSSR count). The van der Waals surface area contributed by atoms with Gasteiger partial charge in [-0.3, -0.25) is 0 Å². The van der Waals surface area contributed by atoms with Gasteiger partial charge in [0.25, 0.3) is 0 Å². The maximum Gasteiger partial charge on any atom is 0.123 e. The largest absolute Gasteiger partial charge is 0.496 e. The number of methoxy groups -OCH3 is 4. The lowest BCUT2D eigenvalue weighted by molar-refractivity contribution is 0.140. The fourth-order valence-electron chi connectivity index (χ4n) is 7.77. The Morgan fingerprint density at radius 1 is 0.389 bits per heavy atom. The van der Waals surface area contributed by atoms with Crippen LogP contribution in [0.25, 0.3) is 0 Å². The Morgan fingerprint density at radius 3 is 0.889 bits per heavy atom. The summed E-state index contributed by atoms with van der Waals surface area (Å²) in [5.41, 5.74) is 2.91. The Labute approximate surface area is 326 Å². The number of hydrogen-bond acceptors (Lipinski definition) is 8. The van der Waals surface area contributed by atoms with E-state index in [0.717, 1.165) is 33.4 Å². The molecule has 2 atom stereocenters. The summed E-state index contributed by atoms with van der Waals surface area (Å²) < 4.78 is 23.8. The number of hydrogen-bond donors (Lipinski definition) is 2. The quantitative estimate of drug-likeness (QED) is 0.0542. The first-order valence-corrected chi connectivity index (χ1v) is 20.2. The molecule has 2 N–H and O–H groups in total. The van der Waals surface area contributed by atoms with Crippen molar-refractivity contribution >= 4 is 21.6 Å². The van der Waals surface area contributed by atoms with Crippen LogP contribution in [0.15, 0.2) is 158 Å². The van der Waals surface area contributed by atoms with E-state index < -0.39 is 23.0 Å². The Hall–Kier alpha value is -4.86. The van der Waals surface area contributed by atoms with Gasteiger partial charge >= 0.3 is 0 Å². The van der Waals surface area contributed by atoms with E-state index in [9.17, 15) is 10.2 Å². The summed E-state index contributed by atoms with van der Waals surface area (Å²) in [6, 6.07) is 51.4. The van der Waals surface area contributed by atoms with Crippen LogP contribution in [0.4, 0.5) is 0 Å². The van der Waals surface area contributed by atoms with Gasteiger partial charge in [0.15, 0.2) is 0 Å². The van der Waals surface area contributed by atoms with Crippen molar-refractivity contribution in [1.82, 2.24) is 0 Å². The highest BCUT2D eigenvalue weighted by atomic mass is 33.1. The zero-order valence-corrected chi connectivity index (χ0v) is 32.6. The second-order valence-electron chi connectivity index (χ2n) is 12.7. The summed E-state index contributed by atoms with van der Waals surface area (Å²) in [4.78, 5) is 0. The fourth-order valence-corrected chi connectivity index (χ4v) is 10.1. The molecule has 0 amide bonds. The van der Waals surface area contributed by atoms with Crippen molar-refractivity contribution in [2.75, 3.05) is 39.9 Å². The van der Waals surface area contributed by atoms with E-state index in [1.165, 1.54) is 21.6 Å². The van der Waals surface area contributed by atoms with Gasteiger partial charge in [-0.25, -0.2) is 0 Å². The van der Waals surface area contributed by atoms with Gasteiger partial charge in [0.1, 0.15) is 23.0 Å². The molecule has 0 fully saturated rings. The molecule has 2 unspecified atom stereocenters. The van der Waals surface area contributed by atoms with Crippen molar-refractivity contribution in [3.8, 4) is 23.0 Å². The van der Waals surface area contributed by atoms with E-state index in [-0.39, 0.29) is 0 Å². The number of aliphatic hydroxyl groups is 2. The molecule has 6 nitrogen and oxygen atoms in total. The average Bonchev–Trinajstić information content (AvgIpc) is 3.24. The molecule has 6 aromatic rings. The van der Waals surface area contributed by atoms with Crippen LogP contribution in [-0.2, 0) is 10.8 Å². The summed E-state index contributed by atoms with van der Waals surface area (Å²) in [6.07, 6.45) is -1.91. The molecule has 0 saturated carbocycles. The van der Waals surface area contributed by atoms with Crippen LogP contribution in [0.2, 0.25) is 0 Å². The van der Waals surface area contributed by atoms with Gasteiger partial charge in [-0.15, -0.1) is 0 Å². The zero-order chi connectivity index (χ0) is 38.0. The summed E-state index contributed by atoms with van der Waals surface area (Å²) >= 11 is 0. The predicted molar refractivity (Wildman–Crippen MR) is 222 cm³/mol. The molecule has 0 spiro atoms. The first-order chi connectivity index (χ1) is 26.5. The highest BCUT2D eigenvalue weighted by Crippen LogP contribution is 2.52. The van der Waals surface area contributed by atoms with Crippen LogP contribution in [0.5, 0.6) is 23.0 Å². The van der Waals surface area contributed by atoms with Gasteiger partial charge in [-0.05, 0) is 35.4 Å². The third-order valence-corrected chi connectivity index (χ3v) is 12.5. The standard InChI is InChI=1S/C46H46O6S2/c1-49-39-27-15-11-23-35(39)45(33-19-7-5-8-20-33,36-24-12-16-28-40(36)50-2)43(47)31-53-54-32-44(48)46(34-21-9-6-10-22-34,37-25-13-17-29-41(37)51-3)38-26-14-18-30-42(38)52-4/h5-30,43-44,47-48H,31-32H2,1-4H3. The van der Waals surface area contributed by atoms with Crippen molar-refractivity contribution < 1.29 is 29.2 Å². The smallest absolute Gasteiger partial charge is 0.123 e. The number of para-hydroxylation sites is 4. The molecule has 0 aliphatic heterocycles. The molecule has 0 aromatic heterocycles. The lowest BCUT2D eigenvalue weighted by Gasteiger charge is -2.42. The minimum absolute atomic E-state index is 0.310. The minimum Gasteiger partial charge on any atom is -0.496 e. The maximum absolute atomic E-state index is 12.7. The first-order valence-electron chi connectivity index (χ1n) is 17.7. The van der Waals surface area contributed by atoms with Gasteiger partial charge < -0.3 is 29.2 Å². The molecule has 0 bridgehead atoms. The molecule has 0 saturated heterocycles. The summed E-state index contributed by atoms with van der Waals surface area (Å²) in [5.74, 6) is 3.23. The fraction of sp³-hybridized carbons (Fsp3) is 0.217. The molecular weight excluding hydrogens is 713 g/mol. The van der Waals surface area contributed by atoms with E-state index in [0.29, 0.717) is 34.5 Å². The Morgan fingerprint density at radius 2 is 0.630 bits per heavy atom. The number of benzene rings is 6. The zero-order valence-electron chi connectivity index (χ0n) is 30.9. The Bertz CT molecular complexity index is 1850. The average molecular weight is 759 g/mol. The van der Waals surface area contributed by atoms with Gasteiger partial charge in [-0.1, -0.05) is 155 Å². The third-order valence-electron chi connectivity index (χ3n) is 10.1. The first kappa shape index (κ1) is 38.9. The number of ether oxygens (including phenoxy) is 4. The molecule has 0 heterocycles. The lowest BCUT2D eigenvalue weighted by atomic mass is 9.65. The normalized spacial score (nSPS) is 12.8. The molecule has 54 heavy (non-hydrogen) atoms. The molecule has 6 aromatic carbocycles. The second-order valence-corrected chi connectivity index (χ2v) is 15.3. The van der Waals surface area contributed by atoms with Gasteiger partial charge in [0.2, 0.25) is 0 Å². The van der Waals surface area contributed by atoms with Crippen LogP contribution in [0, 0.1) is 0 Å². The summed E-state index contributed by atoms with van der Waals surface area (Å²) in [7, 11) is 9.62. The molecular formula is C46H46O6S2. The third kappa shape index (κ3) is 7.19. The van der Waals surface area contributed by atoms with E-state index in [4.69, 9.17) is 18.9 Å². The minimum atomic E-state index is -1.07. The monoisotopic (exact) mass is 758 g/mol. The molecule has 0 aliphatic carbocycles. The van der Waals surface area contributed by atoms with Gasteiger partial charge in [0.05, 0.1) is 51.5 Å². The van der Waals surface area contributed by atoms with Gasteiger partial charge in [-0.2, -0.15) is 0 Å². The van der Waals surface area contributed by atoms with Crippen LogP contribution in [-0.4, -0.2) is 62.4 Å². The molecule has 278 valence electrons. The van der Waals surface area contributed by atoms with Crippen molar-refractivity contribution in [2.24, 2.45) is 0 Å². The summed E-state index contributed by atoms with van der Waals surface area (Å²) in [5, 5.41) is 25.4. The molecule has 8 heteroatoms. The second kappa shape index (κ2) is 18.0. The van der Waals surface area contributed by atoms with Crippen LogP contribution in [0.3, 0.4) is 0 Å². The van der Waals surface area contributed by atoms with Crippen LogP contribution >= 0.6 is 21.6 Å². The Kier molecular flexibility index (Phi) is 12.9. The molecule has 0 radical (unpaired) electrons. The highest BCUT2D eigenvalue weighted by Gasteiger charge is 2.48. The van der Waals surface area contributed by atoms with E-state index >= 15 is 0 Å². The van der Waals surface area contributed by atoms with Gasteiger partial charge in [0, 0.05) is 33.8 Å².